The van der Waals surface area contributed by atoms with Crippen LogP contribution in [0.3, 0.4) is 0 Å². The van der Waals surface area contributed by atoms with Crippen molar-refractivity contribution < 1.29 is 14.6 Å². The van der Waals surface area contributed by atoms with Crippen molar-refractivity contribution in [3.05, 3.63) is 42.1 Å². The van der Waals surface area contributed by atoms with Gasteiger partial charge in [0, 0.05) is 23.4 Å². The van der Waals surface area contributed by atoms with Crippen LogP contribution in [0.4, 0.5) is 0 Å². The minimum atomic E-state index is -0.767. The Morgan fingerprint density at radius 2 is 2.24 bits per heavy atom. The highest BCUT2D eigenvalue weighted by Crippen LogP contribution is 2.36. The first kappa shape index (κ1) is 17.8. The predicted octanol–water partition coefficient (Wildman–Crippen LogP) is 4.81. The van der Waals surface area contributed by atoms with Crippen molar-refractivity contribution >= 4 is 17.7 Å². The Morgan fingerprint density at radius 3 is 3.00 bits per heavy atom. The number of carbonyl (C=O) groups is 1. The van der Waals surface area contributed by atoms with E-state index in [1.165, 1.54) is 5.56 Å². The minimum Gasteiger partial charge on any atom is -0.490 e. The lowest BCUT2D eigenvalue weighted by atomic mass is 9.96. The average molecular weight is 357 g/mol. The molecule has 1 aromatic carbocycles. The Labute approximate surface area is 152 Å². The summed E-state index contributed by atoms with van der Waals surface area (Å²) in [6.07, 6.45) is 4.34. The Hall–Kier alpha value is -2.01. The predicted molar refractivity (Wildman–Crippen MR) is 100 cm³/mol. The van der Waals surface area contributed by atoms with Gasteiger partial charge in [0.25, 0.3) is 0 Å². The maximum absolute atomic E-state index is 10.7. The molecule has 132 valence electrons. The standard InChI is InChI=1S/C20H23NO3S/c1-13(2)25-20-17(4-3-11-21-20)14-6-9-18-15(12-14)5-7-16(24-18)8-10-19(22)23/h3-4,6,9,11-13,16H,5,7-8,10H2,1-2H3,(H,22,23). The molecule has 4 nitrogen and oxygen atoms in total. The molecule has 25 heavy (non-hydrogen) atoms. The SMILES string of the molecule is CC(C)Sc1ncccc1-c1ccc2c(c1)CCC(CCC(=O)O)O2. The largest absolute Gasteiger partial charge is 0.490 e. The quantitative estimate of drug-likeness (QED) is 0.752. The van der Waals surface area contributed by atoms with E-state index in [4.69, 9.17) is 9.84 Å². The van der Waals surface area contributed by atoms with E-state index in [2.05, 4.69) is 37.0 Å². The van der Waals surface area contributed by atoms with Gasteiger partial charge in [-0.25, -0.2) is 4.98 Å². The molecule has 1 aliphatic heterocycles. The zero-order valence-electron chi connectivity index (χ0n) is 14.6. The topological polar surface area (TPSA) is 59.4 Å². The Balaban J connectivity index is 1.80. The van der Waals surface area contributed by atoms with Gasteiger partial charge in [0.05, 0.1) is 6.10 Å². The molecule has 1 aromatic heterocycles. The summed E-state index contributed by atoms with van der Waals surface area (Å²) in [7, 11) is 0. The van der Waals surface area contributed by atoms with Crippen LogP contribution in [0.2, 0.25) is 0 Å². The van der Waals surface area contributed by atoms with Crippen molar-refractivity contribution in [3.8, 4) is 16.9 Å². The molecule has 0 radical (unpaired) electrons. The molecular weight excluding hydrogens is 334 g/mol. The number of ether oxygens (including phenoxy) is 1. The summed E-state index contributed by atoms with van der Waals surface area (Å²) in [5, 5.41) is 10.4. The number of thioether (sulfide) groups is 1. The van der Waals surface area contributed by atoms with Crippen LogP contribution in [0.25, 0.3) is 11.1 Å². The lowest BCUT2D eigenvalue weighted by Crippen LogP contribution is -2.23. The van der Waals surface area contributed by atoms with Crippen LogP contribution < -0.4 is 4.74 Å². The number of benzene rings is 1. The fourth-order valence-electron chi connectivity index (χ4n) is 3.03. The number of fused-ring (bicyclic) bond motifs is 1. The Morgan fingerprint density at radius 1 is 1.40 bits per heavy atom. The second-order valence-electron chi connectivity index (χ2n) is 6.56. The zero-order valence-corrected chi connectivity index (χ0v) is 15.4. The number of hydrogen-bond donors (Lipinski definition) is 1. The van der Waals surface area contributed by atoms with Crippen molar-refractivity contribution in [3.63, 3.8) is 0 Å². The highest BCUT2D eigenvalue weighted by atomic mass is 32.2. The number of carboxylic acid groups (broad SMARTS) is 1. The third-order valence-electron chi connectivity index (χ3n) is 4.20. The number of pyridine rings is 1. The number of aromatic nitrogens is 1. The summed E-state index contributed by atoms with van der Waals surface area (Å²) in [4.78, 5) is 15.3. The summed E-state index contributed by atoms with van der Waals surface area (Å²) in [6, 6.07) is 10.3. The van der Waals surface area contributed by atoms with E-state index in [1.807, 2.05) is 18.3 Å². The van der Waals surface area contributed by atoms with Crippen LogP contribution in [0, 0.1) is 0 Å². The molecule has 0 fully saturated rings. The highest BCUT2D eigenvalue weighted by Gasteiger charge is 2.21. The number of aliphatic carboxylic acids is 1. The third kappa shape index (κ3) is 4.54. The lowest BCUT2D eigenvalue weighted by molar-refractivity contribution is -0.137. The van der Waals surface area contributed by atoms with Gasteiger partial charge in [-0.15, -0.1) is 11.8 Å². The molecule has 0 bridgehead atoms. The normalized spacial score (nSPS) is 16.4. The van der Waals surface area contributed by atoms with E-state index in [0.29, 0.717) is 11.7 Å². The van der Waals surface area contributed by atoms with Gasteiger partial charge in [-0.1, -0.05) is 26.0 Å². The smallest absolute Gasteiger partial charge is 0.303 e. The zero-order chi connectivity index (χ0) is 17.8. The maximum Gasteiger partial charge on any atom is 0.303 e. The Kier molecular flexibility index (Phi) is 5.63. The van der Waals surface area contributed by atoms with E-state index in [1.54, 1.807) is 11.8 Å². The van der Waals surface area contributed by atoms with E-state index in [9.17, 15) is 4.79 Å². The summed E-state index contributed by atoms with van der Waals surface area (Å²) in [6.45, 7) is 4.34. The highest BCUT2D eigenvalue weighted by molar-refractivity contribution is 7.99. The molecule has 2 aromatic rings. The van der Waals surface area contributed by atoms with Crippen LogP contribution in [0.5, 0.6) is 5.75 Å². The van der Waals surface area contributed by atoms with E-state index in [-0.39, 0.29) is 12.5 Å². The van der Waals surface area contributed by atoms with Crippen molar-refractivity contribution in [1.29, 1.82) is 0 Å². The molecule has 2 heterocycles. The van der Waals surface area contributed by atoms with Crippen LogP contribution in [0.1, 0.15) is 38.7 Å². The van der Waals surface area contributed by atoms with Crippen molar-refractivity contribution in [1.82, 2.24) is 4.98 Å². The van der Waals surface area contributed by atoms with Crippen molar-refractivity contribution in [2.45, 2.75) is 55.9 Å². The van der Waals surface area contributed by atoms with Gasteiger partial charge < -0.3 is 9.84 Å². The van der Waals surface area contributed by atoms with Gasteiger partial charge in [0.2, 0.25) is 0 Å². The van der Waals surface area contributed by atoms with Gasteiger partial charge in [-0.2, -0.15) is 0 Å². The summed E-state index contributed by atoms with van der Waals surface area (Å²) >= 11 is 1.77. The average Bonchev–Trinajstić information content (AvgIpc) is 2.59. The second-order valence-corrected chi connectivity index (χ2v) is 8.12. The first-order valence-corrected chi connectivity index (χ1v) is 9.54. The van der Waals surface area contributed by atoms with E-state index < -0.39 is 5.97 Å². The van der Waals surface area contributed by atoms with Crippen LogP contribution in [-0.4, -0.2) is 27.4 Å². The fraction of sp³-hybridized carbons (Fsp3) is 0.400. The van der Waals surface area contributed by atoms with Crippen molar-refractivity contribution in [2.75, 3.05) is 0 Å². The van der Waals surface area contributed by atoms with Crippen LogP contribution >= 0.6 is 11.8 Å². The molecule has 3 rings (SSSR count). The fourth-order valence-corrected chi connectivity index (χ4v) is 3.91. The number of aryl methyl sites for hydroxylation is 1. The van der Waals surface area contributed by atoms with E-state index in [0.717, 1.165) is 34.7 Å². The van der Waals surface area contributed by atoms with Gasteiger partial charge >= 0.3 is 5.97 Å². The monoisotopic (exact) mass is 357 g/mol. The number of hydrogen-bond acceptors (Lipinski definition) is 4. The first-order chi connectivity index (χ1) is 12.0. The van der Waals surface area contributed by atoms with Gasteiger partial charge in [-0.05, 0) is 48.6 Å². The number of carboxylic acids is 1. The number of nitrogens with zero attached hydrogens (tertiary/aromatic N) is 1. The molecule has 1 unspecified atom stereocenters. The van der Waals surface area contributed by atoms with Crippen LogP contribution in [0.15, 0.2) is 41.6 Å². The lowest BCUT2D eigenvalue weighted by Gasteiger charge is -2.26. The molecule has 5 heteroatoms. The van der Waals surface area contributed by atoms with E-state index >= 15 is 0 Å². The molecular formula is C20H23NO3S. The third-order valence-corrected chi connectivity index (χ3v) is 5.22. The molecule has 0 aliphatic carbocycles. The molecule has 1 N–H and O–H groups in total. The van der Waals surface area contributed by atoms with Crippen molar-refractivity contribution in [2.24, 2.45) is 0 Å². The maximum atomic E-state index is 10.7. The Bertz CT molecular complexity index is 760. The number of rotatable bonds is 6. The molecule has 1 aliphatic rings. The molecule has 0 saturated heterocycles. The van der Waals surface area contributed by atoms with Gasteiger partial charge in [0.15, 0.2) is 0 Å². The second kappa shape index (κ2) is 7.91. The molecule has 0 amide bonds. The van der Waals surface area contributed by atoms with Gasteiger partial charge in [-0.3, -0.25) is 4.79 Å². The molecule has 0 saturated carbocycles. The summed E-state index contributed by atoms with van der Waals surface area (Å²) < 4.78 is 5.98. The summed E-state index contributed by atoms with van der Waals surface area (Å²) in [5.41, 5.74) is 3.49. The molecule has 0 spiro atoms. The van der Waals surface area contributed by atoms with Crippen LogP contribution in [-0.2, 0) is 11.2 Å². The minimum absolute atomic E-state index is 0.0000931. The summed E-state index contributed by atoms with van der Waals surface area (Å²) in [5.74, 6) is 0.115. The first-order valence-electron chi connectivity index (χ1n) is 8.66. The molecule has 1 atom stereocenters. The van der Waals surface area contributed by atoms with Gasteiger partial charge in [0.1, 0.15) is 10.8 Å².